The van der Waals surface area contributed by atoms with Crippen LogP contribution in [0.5, 0.6) is 0 Å². The Kier molecular flexibility index (Phi) is 4.42. The smallest absolute Gasteiger partial charge is 0.327 e. The lowest BCUT2D eigenvalue weighted by molar-refractivity contribution is -0.250. The average Bonchev–Trinajstić information content (AvgIpc) is 3.01. The molecule has 4 rings (SSSR count). The van der Waals surface area contributed by atoms with Gasteiger partial charge in [0.2, 0.25) is 0 Å². The highest BCUT2D eigenvalue weighted by molar-refractivity contribution is 6.04. The molecule has 1 saturated carbocycles. The summed E-state index contributed by atoms with van der Waals surface area (Å²) in [5.41, 5.74) is 2.63. The molecule has 0 bridgehead atoms. The van der Waals surface area contributed by atoms with Crippen molar-refractivity contribution in [3.8, 4) is 0 Å². The van der Waals surface area contributed by atoms with Crippen LogP contribution in [0.15, 0.2) is 71.8 Å². The standard InChI is InChI=1S/C24H22O4/c1-23(2)27-21(25)24(22(26)28-23)15-19(13-17-9-5-3-6-10-17)20(16-24)14-18-11-7-4-8-12-18/h3-14H,15-16H2,1-2H3/b19-13+,20-14+. The molecule has 1 saturated heterocycles. The fraction of sp³-hybridized carbons (Fsp3) is 0.250. The van der Waals surface area contributed by atoms with Gasteiger partial charge in [0.15, 0.2) is 5.41 Å². The molecular formula is C24H22O4. The molecule has 0 atom stereocenters. The molecule has 2 aromatic rings. The molecule has 2 aliphatic rings. The molecule has 1 spiro atoms. The van der Waals surface area contributed by atoms with Crippen molar-refractivity contribution in [2.45, 2.75) is 32.5 Å². The third-order valence-corrected chi connectivity index (χ3v) is 5.14. The lowest BCUT2D eigenvalue weighted by atomic mass is 9.84. The van der Waals surface area contributed by atoms with Gasteiger partial charge in [-0.25, -0.2) is 0 Å². The van der Waals surface area contributed by atoms with Gasteiger partial charge >= 0.3 is 11.9 Å². The van der Waals surface area contributed by atoms with Crippen molar-refractivity contribution in [3.05, 3.63) is 82.9 Å². The second kappa shape index (κ2) is 6.79. The molecule has 0 aromatic heterocycles. The normalized spacial score (nSPS) is 23.1. The molecule has 28 heavy (non-hydrogen) atoms. The topological polar surface area (TPSA) is 52.6 Å². The Hall–Kier alpha value is -3.14. The molecule has 142 valence electrons. The number of cyclic esters (lactones) is 2. The van der Waals surface area contributed by atoms with Crippen molar-refractivity contribution in [2.75, 3.05) is 0 Å². The van der Waals surface area contributed by atoms with E-state index in [0.29, 0.717) is 0 Å². The van der Waals surface area contributed by atoms with Crippen LogP contribution in [-0.2, 0) is 19.1 Å². The van der Waals surface area contributed by atoms with E-state index in [1.165, 1.54) is 0 Å². The number of hydrogen-bond donors (Lipinski definition) is 0. The predicted octanol–water partition coefficient (Wildman–Crippen LogP) is 4.77. The van der Waals surface area contributed by atoms with Crippen LogP contribution in [0.25, 0.3) is 12.2 Å². The molecule has 0 amide bonds. The minimum atomic E-state index is -1.31. The van der Waals surface area contributed by atoms with Gasteiger partial charge in [0.05, 0.1) is 0 Å². The molecule has 0 N–H and O–H groups in total. The first-order chi connectivity index (χ1) is 13.4. The average molecular weight is 374 g/mol. The molecular weight excluding hydrogens is 352 g/mol. The third kappa shape index (κ3) is 3.38. The molecule has 2 aromatic carbocycles. The van der Waals surface area contributed by atoms with E-state index in [1.54, 1.807) is 13.8 Å². The van der Waals surface area contributed by atoms with E-state index in [-0.39, 0.29) is 12.8 Å². The van der Waals surface area contributed by atoms with Crippen LogP contribution < -0.4 is 0 Å². The third-order valence-electron chi connectivity index (χ3n) is 5.14. The SMILES string of the molecule is CC1(C)OC(=O)C2(CC(=C\c3ccccc3)/C(=C/c3ccccc3)C2)C(=O)O1. The van der Waals surface area contributed by atoms with E-state index in [0.717, 1.165) is 22.3 Å². The van der Waals surface area contributed by atoms with Crippen LogP contribution >= 0.6 is 0 Å². The van der Waals surface area contributed by atoms with E-state index in [4.69, 9.17) is 9.47 Å². The highest BCUT2D eigenvalue weighted by Gasteiger charge is 2.59. The lowest BCUT2D eigenvalue weighted by Gasteiger charge is -2.37. The van der Waals surface area contributed by atoms with Crippen molar-refractivity contribution >= 4 is 24.1 Å². The minimum Gasteiger partial charge on any atom is -0.422 e. The maximum absolute atomic E-state index is 12.9. The molecule has 1 aliphatic carbocycles. The number of allylic oxidation sites excluding steroid dienone is 2. The van der Waals surface area contributed by atoms with Crippen LogP contribution in [0.4, 0.5) is 0 Å². The quantitative estimate of drug-likeness (QED) is 0.561. The summed E-state index contributed by atoms with van der Waals surface area (Å²) in [6.07, 6.45) is 4.61. The Morgan fingerprint density at radius 3 is 1.50 bits per heavy atom. The number of rotatable bonds is 2. The second-order valence-corrected chi connectivity index (χ2v) is 7.78. The molecule has 1 aliphatic heterocycles. The Bertz CT molecular complexity index is 889. The number of ether oxygens (including phenoxy) is 2. The Morgan fingerprint density at radius 1 is 0.714 bits per heavy atom. The summed E-state index contributed by atoms with van der Waals surface area (Å²) >= 11 is 0. The summed E-state index contributed by atoms with van der Waals surface area (Å²) in [6, 6.07) is 19.8. The Balaban J connectivity index is 1.78. The van der Waals surface area contributed by atoms with E-state index in [2.05, 4.69) is 0 Å². The predicted molar refractivity (Wildman–Crippen MR) is 107 cm³/mol. The number of benzene rings is 2. The number of hydrogen-bond acceptors (Lipinski definition) is 4. The fourth-order valence-electron chi connectivity index (χ4n) is 3.76. The van der Waals surface area contributed by atoms with Gasteiger partial charge in [-0.3, -0.25) is 9.59 Å². The van der Waals surface area contributed by atoms with E-state index in [9.17, 15) is 9.59 Å². The summed E-state index contributed by atoms with van der Waals surface area (Å²) in [5.74, 6) is -2.25. The van der Waals surface area contributed by atoms with Gasteiger partial charge in [0.1, 0.15) is 0 Å². The van der Waals surface area contributed by atoms with Crippen LogP contribution in [0.3, 0.4) is 0 Å². The molecule has 4 heteroatoms. The van der Waals surface area contributed by atoms with Gasteiger partial charge in [0, 0.05) is 13.8 Å². The zero-order valence-corrected chi connectivity index (χ0v) is 16.0. The van der Waals surface area contributed by atoms with Crippen LogP contribution in [0, 0.1) is 5.41 Å². The van der Waals surface area contributed by atoms with Gasteiger partial charge in [-0.1, -0.05) is 72.8 Å². The summed E-state index contributed by atoms with van der Waals surface area (Å²) in [4.78, 5) is 25.7. The number of esters is 2. The Morgan fingerprint density at radius 2 is 1.11 bits per heavy atom. The van der Waals surface area contributed by atoms with Gasteiger partial charge < -0.3 is 9.47 Å². The van der Waals surface area contributed by atoms with Crippen molar-refractivity contribution in [1.82, 2.24) is 0 Å². The van der Waals surface area contributed by atoms with Gasteiger partial charge in [-0.15, -0.1) is 0 Å². The van der Waals surface area contributed by atoms with E-state index in [1.807, 2.05) is 72.8 Å². The maximum atomic E-state index is 12.9. The van der Waals surface area contributed by atoms with Gasteiger partial charge in [-0.2, -0.15) is 0 Å². The minimum absolute atomic E-state index is 0.272. The first kappa shape index (κ1) is 18.2. The molecule has 4 nitrogen and oxygen atoms in total. The zero-order chi connectivity index (χ0) is 19.8. The van der Waals surface area contributed by atoms with Gasteiger partial charge in [-0.05, 0) is 35.1 Å². The molecule has 1 heterocycles. The van der Waals surface area contributed by atoms with Crippen molar-refractivity contribution < 1.29 is 19.1 Å². The van der Waals surface area contributed by atoms with Crippen LogP contribution in [-0.4, -0.2) is 17.7 Å². The van der Waals surface area contributed by atoms with Crippen molar-refractivity contribution in [2.24, 2.45) is 5.41 Å². The molecule has 0 unspecified atom stereocenters. The van der Waals surface area contributed by atoms with Gasteiger partial charge in [0.25, 0.3) is 5.79 Å². The summed E-state index contributed by atoms with van der Waals surface area (Å²) < 4.78 is 10.9. The monoisotopic (exact) mass is 374 g/mol. The highest BCUT2D eigenvalue weighted by Crippen LogP contribution is 2.51. The van der Waals surface area contributed by atoms with Crippen molar-refractivity contribution in [3.63, 3.8) is 0 Å². The largest absolute Gasteiger partial charge is 0.422 e. The maximum Gasteiger partial charge on any atom is 0.327 e. The van der Waals surface area contributed by atoms with E-state index < -0.39 is 23.1 Å². The van der Waals surface area contributed by atoms with Crippen LogP contribution in [0.2, 0.25) is 0 Å². The molecule has 2 fully saturated rings. The first-order valence-corrected chi connectivity index (χ1v) is 9.37. The number of carbonyl (C=O) groups is 2. The summed E-state index contributed by atoms with van der Waals surface area (Å²) in [7, 11) is 0. The highest BCUT2D eigenvalue weighted by atomic mass is 16.7. The Labute approximate surface area is 164 Å². The zero-order valence-electron chi connectivity index (χ0n) is 16.0. The fourth-order valence-corrected chi connectivity index (χ4v) is 3.76. The number of carbonyl (C=O) groups excluding carboxylic acids is 2. The summed E-state index contributed by atoms with van der Waals surface area (Å²) in [6.45, 7) is 3.15. The van der Waals surface area contributed by atoms with E-state index >= 15 is 0 Å². The second-order valence-electron chi connectivity index (χ2n) is 7.78. The lowest BCUT2D eigenvalue weighted by Crippen LogP contribution is -2.52. The van der Waals surface area contributed by atoms with Crippen LogP contribution in [0.1, 0.15) is 37.8 Å². The summed E-state index contributed by atoms with van der Waals surface area (Å²) in [5, 5.41) is 0. The van der Waals surface area contributed by atoms with Crippen molar-refractivity contribution in [1.29, 1.82) is 0 Å². The first-order valence-electron chi connectivity index (χ1n) is 9.37. The molecule has 0 radical (unpaired) electrons.